The van der Waals surface area contributed by atoms with E-state index in [-0.39, 0.29) is 6.61 Å². The molecule has 1 heterocycles. The van der Waals surface area contributed by atoms with Gasteiger partial charge < -0.3 is 14.9 Å². The van der Waals surface area contributed by atoms with Crippen LogP contribution in [0.1, 0.15) is 37.8 Å². The fourth-order valence-corrected chi connectivity index (χ4v) is 2.77. The Morgan fingerprint density at radius 3 is 2.30 bits per heavy atom. The van der Waals surface area contributed by atoms with Crippen molar-refractivity contribution in [3.05, 3.63) is 29.3 Å². The van der Waals surface area contributed by atoms with Crippen LogP contribution in [0.4, 0.5) is 5.69 Å². The molecule has 1 aliphatic rings. The van der Waals surface area contributed by atoms with Gasteiger partial charge in [-0.3, -0.25) is 0 Å². The fourth-order valence-electron chi connectivity index (χ4n) is 2.77. The highest BCUT2D eigenvalue weighted by Gasteiger charge is 2.21. The van der Waals surface area contributed by atoms with Crippen molar-refractivity contribution < 1.29 is 5.11 Å². The monoisotopic (exact) mass is 278 g/mol. The number of aryl methyl sites for hydroxylation is 1. The van der Waals surface area contributed by atoms with Gasteiger partial charge in [-0.25, -0.2) is 0 Å². The number of benzene rings is 1. The Morgan fingerprint density at radius 1 is 1.20 bits per heavy atom. The number of nitrogens with zero attached hydrogens (tertiary/aromatic N) is 2. The molecule has 0 bridgehead atoms. The number of aliphatic hydroxyl groups excluding tert-OH is 1. The SMILES string of the molecule is CC.Cc1ccc(N2CCC(N(C)C)CC2)c(CO)c1. The molecule has 0 aromatic heterocycles. The van der Waals surface area contributed by atoms with Gasteiger partial charge in [0, 0.05) is 30.4 Å². The molecule has 0 atom stereocenters. The Morgan fingerprint density at radius 2 is 1.80 bits per heavy atom. The number of piperidine rings is 1. The van der Waals surface area contributed by atoms with E-state index < -0.39 is 0 Å². The lowest BCUT2D eigenvalue weighted by Gasteiger charge is -2.37. The highest BCUT2D eigenvalue weighted by atomic mass is 16.3. The van der Waals surface area contributed by atoms with Gasteiger partial charge in [0.25, 0.3) is 0 Å². The predicted molar refractivity (Wildman–Crippen MR) is 87.4 cm³/mol. The molecule has 114 valence electrons. The molecule has 0 radical (unpaired) electrons. The van der Waals surface area contributed by atoms with Crippen molar-refractivity contribution in [3.8, 4) is 0 Å². The summed E-state index contributed by atoms with van der Waals surface area (Å²) in [6.07, 6.45) is 2.40. The van der Waals surface area contributed by atoms with Crippen molar-refractivity contribution >= 4 is 5.69 Å². The zero-order valence-electron chi connectivity index (χ0n) is 13.7. The van der Waals surface area contributed by atoms with Gasteiger partial charge >= 0.3 is 0 Å². The van der Waals surface area contributed by atoms with E-state index in [1.165, 1.54) is 24.1 Å². The van der Waals surface area contributed by atoms with Crippen LogP contribution in [0.15, 0.2) is 18.2 Å². The molecule has 3 heteroatoms. The number of hydrogen-bond acceptors (Lipinski definition) is 3. The van der Waals surface area contributed by atoms with Gasteiger partial charge in [-0.2, -0.15) is 0 Å². The summed E-state index contributed by atoms with van der Waals surface area (Å²) in [5, 5.41) is 9.48. The first-order valence-electron chi connectivity index (χ1n) is 7.73. The summed E-state index contributed by atoms with van der Waals surface area (Å²) in [6.45, 7) is 8.36. The van der Waals surface area contributed by atoms with Gasteiger partial charge in [0.05, 0.1) is 6.61 Å². The summed E-state index contributed by atoms with van der Waals surface area (Å²) in [6, 6.07) is 7.07. The Kier molecular flexibility index (Phi) is 7.03. The molecule has 0 amide bonds. The van der Waals surface area contributed by atoms with Crippen LogP contribution in [0.5, 0.6) is 0 Å². The van der Waals surface area contributed by atoms with E-state index in [9.17, 15) is 5.11 Å². The molecule has 1 aromatic rings. The zero-order valence-corrected chi connectivity index (χ0v) is 13.7. The minimum Gasteiger partial charge on any atom is -0.392 e. The van der Waals surface area contributed by atoms with Crippen molar-refractivity contribution in [1.29, 1.82) is 0 Å². The van der Waals surface area contributed by atoms with Gasteiger partial charge in [-0.05, 0) is 39.9 Å². The lowest BCUT2D eigenvalue weighted by Crippen LogP contribution is -2.42. The quantitative estimate of drug-likeness (QED) is 0.920. The van der Waals surface area contributed by atoms with Crippen LogP contribution in [0, 0.1) is 6.92 Å². The number of rotatable bonds is 3. The molecule has 0 spiro atoms. The van der Waals surface area contributed by atoms with Crippen LogP contribution < -0.4 is 4.90 Å². The second kappa shape index (κ2) is 8.28. The smallest absolute Gasteiger partial charge is 0.0702 e. The van der Waals surface area contributed by atoms with E-state index >= 15 is 0 Å². The largest absolute Gasteiger partial charge is 0.392 e. The standard InChI is InChI=1S/C15H24N2O.C2H6/c1-12-4-5-15(13(10-12)11-18)17-8-6-14(7-9-17)16(2)3;1-2/h4-5,10,14,18H,6-9,11H2,1-3H3;1-2H3. The molecule has 1 saturated heterocycles. The van der Waals surface area contributed by atoms with Crippen molar-refractivity contribution in [1.82, 2.24) is 4.90 Å². The molecule has 1 N–H and O–H groups in total. The summed E-state index contributed by atoms with van der Waals surface area (Å²) in [4.78, 5) is 4.73. The summed E-state index contributed by atoms with van der Waals surface area (Å²) in [5.41, 5.74) is 3.48. The highest BCUT2D eigenvalue weighted by molar-refractivity contribution is 5.55. The molecular weight excluding hydrogens is 248 g/mol. The molecule has 1 aliphatic heterocycles. The van der Waals surface area contributed by atoms with Crippen LogP contribution in [-0.2, 0) is 6.61 Å². The predicted octanol–water partition coefficient (Wildman–Crippen LogP) is 3.04. The molecule has 0 saturated carbocycles. The Hall–Kier alpha value is -1.06. The van der Waals surface area contributed by atoms with Gasteiger partial charge in [0.2, 0.25) is 0 Å². The summed E-state index contributed by atoms with van der Waals surface area (Å²) in [5.74, 6) is 0. The lowest BCUT2D eigenvalue weighted by molar-refractivity contribution is 0.248. The molecule has 3 nitrogen and oxygen atoms in total. The van der Waals surface area contributed by atoms with Crippen LogP contribution >= 0.6 is 0 Å². The summed E-state index contributed by atoms with van der Waals surface area (Å²) < 4.78 is 0. The minimum absolute atomic E-state index is 0.130. The van der Waals surface area contributed by atoms with E-state index in [1.807, 2.05) is 13.8 Å². The third-order valence-corrected chi connectivity index (χ3v) is 3.94. The van der Waals surface area contributed by atoms with Crippen molar-refractivity contribution in [3.63, 3.8) is 0 Å². The number of aliphatic hydroxyl groups is 1. The molecule has 1 aromatic carbocycles. The molecule has 20 heavy (non-hydrogen) atoms. The Labute approximate surface area is 124 Å². The average Bonchev–Trinajstić information content (AvgIpc) is 2.49. The van der Waals surface area contributed by atoms with E-state index in [0.29, 0.717) is 6.04 Å². The summed E-state index contributed by atoms with van der Waals surface area (Å²) in [7, 11) is 4.32. The van der Waals surface area contributed by atoms with Crippen LogP contribution in [0.25, 0.3) is 0 Å². The van der Waals surface area contributed by atoms with Crippen LogP contribution in [-0.4, -0.2) is 43.2 Å². The first kappa shape index (κ1) is 17.0. The molecule has 0 unspecified atom stereocenters. The average molecular weight is 278 g/mol. The van der Waals surface area contributed by atoms with Crippen LogP contribution in [0.3, 0.4) is 0 Å². The highest BCUT2D eigenvalue weighted by Crippen LogP contribution is 2.26. The maximum absolute atomic E-state index is 9.48. The van der Waals surface area contributed by atoms with Crippen molar-refractivity contribution in [2.45, 2.75) is 46.3 Å². The second-order valence-electron chi connectivity index (χ2n) is 5.47. The maximum atomic E-state index is 9.48. The van der Waals surface area contributed by atoms with E-state index in [4.69, 9.17) is 0 Å². The first-order valence-corrected chi connectivity index (χ1v) is 7.73. The topological polar surface area (TPSA) is 26.7 Å². The molecule has 2 rings (SSSR count). The molecular formula is C17H30N2O. The van der Waals surface area contributed by atoms with E-state index in [1.54, 1.807) is 0 Å². The Bertz CT molecular complexity index is 396. The zero-order chi connectivity index (χ0) is 15.1. The van der Waals surface area contributed by atoms with Gasteiger partial charge in [0.15, 0.2) is 0 Å². The maximum Gasteiger partial charge on any atom is 0.0702 e. The van der Waals surface area contributed by atoms with Crippen molar-refractivity contribution in [2.24, 2.45) is 0 Å². The number of anilines is 1. The minimum atomic E-state index is 0.130. The summed E-state index contributed by atoms with van der Waals surface area (Å²) >= 11 is 0. The Balaban J connectivity index is 0.000000956. The number of hydrogen-bond donors (Lipinski definition) is 1. The fraction of sp³-hybridized carbons (Fsp3) is 0.647. The molecule has 1 fully saturated rings. The van der Waals surface area contributed by atoms with Gasteiger partial charge in [0.1, 0.15) is 0 Å². The third kappa shape index (κ3) is 4.22. The normalized spacial score (nSPS) is 16.1. The second-order valence-corrected chi connectivity index (χ2v) is 5.47. The molecule has 0 aliphatic carbocycles. The van der Waals surface area contributed by atoms with Gasteiger partial charge in [-0.1, -0.05) is 31.5 Å². The van der Waals surface area contributed by atoms with Crippen molar-refractivity contribution in [2.75, 3.05) is 32.1 Å². The first-order chi connectivity index (χ1) is 9.61. The van der Waals surface area contributed by atoms with E-state index in [2.05, 4.69) is 49.0 Å². The van der Waals surface area contributed by atoms with E-state index in [0.717, 1.165) is 18.7 Å². The van der Waals surface area contributed by atoms with Gasteiger partial charge in [-0.15, -0.1) is 0 Å². The lowest BCUT2D eigenvalue weighted by atomic mass is 10.0. The van der Waals surface area contributed by atoms with Crippen LogP contribution in [0.2, 0.25) is 0 Å². The third-order valence-electron chi connectivity index (χ3n) is 3.94.